The number of esters is 1. The van der Waals surface area contributed by atoms with Crippen molar-refractivity contribution < 1.29 is 19.0 Å². The molecule has 0 amide bonds. The first-order valence-corrected chi connectivity index (χ1v) is 8.20. The standard InChI is InChI=1S/C18H29NO4/c1-6-8-10-19-15(9-7-2)13-11-16(21-3)17(22-4)12-14(13)18(20)23-5/h11-12,15,19H,6-10H2,1-5H3. The van der Waals surface area contributed by atoms with Crippen LogP contribution in [0.1, 0.15) is 61.5 Å². The van der Waals surface area contributed by atoms with Gasteiger partial charge in [0.2, 0.25) is 0 Å². The number of methoxy groups -OCH3 is 3. The Morgan fingerprint density at radius 3 is 2.26 bits per heavy atom. The topological polar surface area (TPSA) is 56.8 Å². The van der Waals surface area contributed by atoms with Crippen molar-refractivity contribution in [2.24, 2.45) is 0 Å². The summed E-state index contributed by atoms with van der Waals surface area (Å²) in [6.07, 6.45) is 4.17. The Morgan fingerprint density at radius 1 is 1.09 bits per heavy atom. The van der Waals surface area contributed by atoms with E-state index in [1.54, 1.807) is 20.3 Å². The molecule has 0 aromatic heterocycles. The highest BCUT2D eigenvalue weighted by Crippen LogP contribution is 2.35. The maximum Gasteiger partial charge on any atom is 0.338 e. The Morgan fingerprint density at radius 2 is 1.74 bits per heavy atom. The molecule has 5 heteroatoms. The summed E-state index contributed by atoms with van der Waals surface area (Å²) in [5, 5.41) is 3.54. The lowest BCUT2D eigenvalue weighted by molar-refractivity contribution is 0.0598. The van der Waals surface area contributed by atoms with Gasteiger partial charge in [-0.1, -0.05) is 26.7 Å². The van der Waals surface area contributed by atoms with Gasteiger partial charge in [-0.25, -0.2) is 4.79 Å². The lowest BCUT2D eigenvalue weighted by Crippen LogP contribution is -2.24. The van der Waals surface area contributed by atoms with Crippen molar-refractivity contribution in [2.75, 3.05) is 27.9 Å². The second-order valence-corrected chi connectivity index (χ2v) is 5.43. The van der Waals surface area contributed by atoms with Crippen LogP contribution in [0.5, 0.6) is 11.5 Å². The molecular formula is C18H29NO4. The van der Waals surface area contributed by atoms with E-state index in [4.69, 9.17) is 14.2 Å². The first-order chi connectivity index (χ1) is 11.1. The van der Waals surface area contributed by atoms with E-state index in [2.05, 4.69) is 19.2 Å². The minimum absolute atomic E-state index is 0.0838. The van der Waals surface area contributed by atoms with Gasteiger partial charge >= 0.3 is 5.97 Å². The zero-order chi connectivity index (χ0) is 17.2. The van der Waals surface area contributed by atoms with E-state index in [1.807, 2.05) is 6.07 Å². The molecule has 0 saturated heterocycles. The number of ether oxygens (including phenoxy) is 3. The third-order valence-electron chi connectivity index (χ3n) is 3.83. The molecule has 1 atom stereocenters. The second kappa shape index (κ2) is 10.1. The molecule has 5 nitrogen and oxygen atoms in total. The fourth-order valence-electron chi connectivity index (χ4n) is 2.58. The maximum atomic E-state index is 12.2. The molecule has 0 spiro atoms. The molecule has 1 aromatic rings. The van der Waals surface area contributed by atoms with Gasteiger partial charge in [-0.2, -0.15) is 0 Å². The molecule has 1 rings (SSSR count). The number of unbranched alkanes of at least 4 members (excludes halogenated alkanes) is 1. The lowest BCUT2D eigenvalue weighted by Gasteiger charge is -2.22. The SMILES string of the molecule is CCCCNC(CCC)c1cc(OC)c(OC)cc1C(=O)OC. The molecule has 0 bridgehead atoms. The first-order valence-electron chi connectivity index (χ1n) is 8.20. The summed E-state index contributed by atoms with van der Waals surface area (Å²) in [6, 6.07) is 3.66. The van der Waals surface area contributed by atoms with E-state index in [1.165, 1.54) is 7.11 Å². The van der Waals surface area contributed by atoms with Crippen molar-refractivity contribution in [3.8, 4) is 11.5 Å². The smallest absolute Gasteiger partial charge is 0.338 e. The van der Waals surface area contributed by atoms with Crippen molar-refractivity contribution in [2.45, 2.75) is 45.6 Å². The van der Waals surface area contributed by atoms with E-state index in [0.29, 0.717) is 17.1 Å². The van der Waals surface area contributed by atoms with Gasteiger partial charge in [0.05, 0.1) is 26.9 Å². The van der Waals surface area contributed by atoms with Gasteiger partial charge in [0, 0.05) is 6.04 Å². The van der Waals surface area contributed by atoms with Crippen LogP contribution in [0.4, 0.5) is 0 Å². The number of benzene rings is 1. The van der Waals surface area contributed by atoms with Crippen LogP contribution in [0, 0.1) is 0 Å². The predicted octanol–water partition coefficient (Wildman–Crippen LogP) is 3.72. The monoisotopic (exact) mass is 323 g/mol. The molecule has 0 aliphatic carbocycles. The number of nitrogens with one attached hydrogen (secondary N) is 1. The molecule has 0 aliphatic heterocycles. The van der Waals surface area contributed by atoms with Gasteiger partial charge in [0.25, 0.3) is 0 Å². The number of rotatable bonds is 10. The number of carbonyl (C=O) groups is 1. The van der Waals surface area contributed by atoms with Crippen LogP contribution in [-0.4, -0.2) is 33.8 Å². The molecule has 0 saturated carbocycles. The predicted molar refractivity (Wildman–Crippen MR) is 91.4 cm³/mol. The Hall–Kier alpha value is -1.75. The molecule has 0 aliphatic rings. The summed E-state index contributed by atoms with van der Waals surface area (Å²) in [6.45, 7) is 5.20. The number of hydrogen-bond donors (Lipinski definition) is 1. The van der Waals surface area contributed by atoms with Crippen LogP contribution >= 0.6 is 0 Å². The minimum Gasteiger partial charge on any atom is -0.493 e. The Bertz CT molecular complexity index is 502. The van der Waals surface area contributed by atoms with E-state index in [0.717, 1.165) is 37.8 Å². The molecule has 1 aromatic carbocycles. The molecule has 0 fully saturated rings. The van der Waals surface area contributed by atoms with Gasteiger partial charge in [-0.3, -0.25) is 0 Å². The van der Waals surface area contributed by atoms with E-state index in [9.17, 15) is 4.79 Å². The highest BCUT2D eigenvalue weighted by molar-refractivity contribution is 5.92. The van der Waals surface area contributed by atoms with Crippen LogP contribution in [0.3, 0.4) is 0 Å². The number of hydrogen-bond acceptors (Lipinski definition) is 5. The van der Waals surface area contributed by atoms with E-state index >= 15 is 0 Å². The Labute approximate surface area is 139 Å². The zero-order valence-corrected chi connectivity index (χ0v) is 14.9. The van der Waals surface area contributed by atoms with E-state index < -0.39 is 0 Å². The Kier molecular flexibility index (Phi) is 8.48. The molecule has 1 N–H and O–H groups in total. The largest absolute Gasteiger partial charge is 0.493 e. The summed E-state index contributed by atoms with van der Waals surface area (Å²) >= 11 is 0. The maximum absolute atomic E-state index is 12.2. The van der Waals surface area contributed by atoms with Crippen LogP contribution < -0.4 is 14.8 Å². The van der Waals surface area contributed by atoms with Crippen LogP contribution in [0.15, 0.2) is 12.1 Å². The summed E-state index contributed by atoms with van der Waals surface area (Å²) in [5.41, 5.74) is 1.42. The molecule has 130 valence electrons. The molecule has 0 radical (unpaired) electrons. The van der Waals surface area contributed by atoms with Crippen molar-refractivity contribution in [3.05, 3.63) is 23.3 Å². The van der Waals surface area contributed by atoms with Crippen molar-refractivity contribution in [1.29, 1.82) is 0 Å². The minimum atomic E-state index is -0.362. The van der Waals surface area contributed by atoms with Crippen molar-refractivity contribution >= 4 is 5.97 Å². The lowest BCUT2D eigenvalue weighted by atomic mass is 9.95. The Balaban J connectivity index is 3.28. The van der Waals surface area contributed by atoms with Crippen molar-refractivity contribution in [3.63, 3.8) is 0 Å². The molecule has 23 heavy (non-hydrogen) atoms. The van der Waals surface area contributed by atoms with Gasteiger partial charge in [0.1, 0.15) is 0 Å². The van der Waals surface area contributed by atoms with Crippen LogP contribution in [0.2, 0.25) is 0 Å². The summed E-state index contributed by atoms with van der Waals surface area (Å²) in [5.74, 6) is 0.786. The van der Waals surface area contributed by atoms with Gasteiger partial charge < -0.3 is 19.5 Å². The van der Waals surface area contributed by atoms with Gasteiger partial charge in [0.15, 0.2) is 11.5 Å². The van der Waals surface area contributed by atoms with E-state index in [-0.39, 0.29) is 12.0 Å². The van der Waals surface area contributed by atoms with Crippen molar-refractivity contribution in [1.82, 2.24) is 5.32 Å². The summed E-state index contributed by atoms with van der Waals surface area (Å²) in [4.78, 5) is 12.2. The van der Waals surface area contributed by atoms with Crippen LogP contribution in [-0.2, 0) is 4.74 Å². The highest BCUT2D eigenvalue weighted by Gasteiger charge is 2.22. The summed E-state index contributed by atoms with van der Waals surface area (Å²) in [7, 11) is 4.54. The fraction of sp³-hybridized carbons (Fsp3) is 0.611. The zero-order valence-electron chi connectivity index (χ0n) is 14.9. The quantitative estimate of drug-likeness (QED) is 0.525. The third kappa shape index (κ3) is 5.13. The second-order valence-electron chi connectivity index (χ2n) is 5.43. The highest BCUT2D eigenvalue weighted by atomic mass is 16.5. The first kappa shape index (κ1) is 19.3. The van der Waals surface area contributed by atoms with Gasteiger partial charge in [-0.05, 0) is 37.1 Å². The average molecular weight is 323 g/mol. The molecule has 0 heterocycles. The average Bonchev–Trinajstić information content (AvgIpc) is 2.59. The summed E-state index contributed by atoms with van der Waals surface area (Å²) < 4.78 is 15.6. The third-order valence-corrected chi connectivity index (χ3v) is 3.83. The molecular weight excluding hydrogens is 294 g/mol. The number of carbonyl (C=O) groups excluding carboxylic acids is 1. The normalized spacial score (nSPS) is 11.9. The van der Waals surface area contributed by atoms with Crippen LogP contribution in [0.25, 0.3) is 0 Å². The fourth-order valence-corrected chi connectivity index (χ4v) is 2.58. The van der Waals surface area contributed by atoms with Gasteiger partial charge in [-0.15, -0.1) is 0 Å². The molecule has 1 unspecified atom stereocenters.